The SMILES string of the molecule is Cc1nn(C(C)c2cccc(Cl)c2Cl)c(N)c1I. The molecule has 0 radical (unpaired) electrons. The summed E-state index contributed by atoms with van der Waals surface area (Å²) in [5.74, 6) is 0.650. The van der Waals surface area contributed by atoms with Crippen LogP contribution in [0.2, 0.25) is 10.0 Å². The molecule has 96 valence electrons. The van der Waals surface area contributed by atoms with Gasteiger partial charge in [0.25, 0.3) is 0 Å². The number of aromatic nitrogens is 2. The maximum atomic E-state index is 6.22. The zero-order valence-electron chi connectivity index (χ0n) is 9.92. The molecule has 2 aromatic rings. The van der Waals surface area contributed by atoms with Crippen LogP contribution in [0.4, 0.5) is 5.82 Å². The summed E-state index contributed by atoms with van der Waals surface area (Å²) in [5.41, 5.74) is 7.87. The standard InChI is InChI=1S/C12H12Cl2IN3/c1-6-11(15)12(16)18(17-6)7(2)8-4-3-5-9(13)10(8)14/h3-5,7H,16H2,1-2H3. The number of benzene rings is 1. The fraction of sp³-hybridized carbons (Fsp3) is 0.250. The van der Waals surface area contributed by atoms with Crippen molar-refractivity contribution >= 4 is 51.6 Å². The van der Waals surface area contributed by atoms with E-state index in [2.05, 4.69) is 27.7 Å². The molecule has 0 spiro atoms. The predicted octanol–water partition coefficient (Wildman–Crippen LogP) is 4.29. The van der Waals surface area contributed by atoms with Gasteiger partial charge < -0.3 is 5.73 Å². The Morgan fingerprint density at radius 1 is 1.39 bits per heavy atom. The summed E-state index contributed by atoms with van der Waals surface area (Å²) in [4.78, 5) is 0. The smallest absolute Gasteiger partial charge is 0.136 e. The Hall–Kier alpha value is -0.460. The first-order valence-electron chi connectivity index (χ1n) is 5.37. The quantitative estimate of drug-likeness (QED) is 0.770. The van der Waals surface area contributed by atoms with E-state index in [0.29, 0.717) is 15.9 Å². The van der Waals surface area contributed by atoms with Gasteiger partial charge in [-0.2, -0.15) is 5.10 Å². The molecule has 1 atom stereocenters. The lowest BCUT2D eigenvalue weighted by atomic mass is 10.1. The Bertz CT molecular complexity index is 595. The third-order valence-corrected chi connectivity index (χ3v) is 5.01. The number of nitrogen functional groups attached to an aromatic ring is 1. The van der Waals surface area contributed by atoms with Crippen molar-refractivity contribution in [2.75, 3.05) is 5.73 Å². The normalized spacial score (nSPS) is 12.7. The highest BCUT2D eigenvalue weighted by molar-refractivity contribution is 14.1. The second-order valence-electron chi connectivity index (χ2n) is 4.05. The van der Waals surface area contributed by atoms with Gasteiger partial charge in [0.1, 0.15) is 5.82 Å². The third kappa shape index (κ3) is 2.33. The summed E-state index contributed by atoms with van der Waals surface area (Å²) in [6.45, 7) is 3.93. The zero-order valence-corrected chi connectivity index (χ0v) is 13.6. The number of nitrogens with zero attached hydrogens (tertiary/aromatic N) is 2. The molecule has 0 bridgehead atoms. The van der Waals surface area contributed by atoms with Gasteiger partial charge in [0.15, 0.2) is 0 Å². The van der Waals surface area contributed by atoms with E-state index >= 15 is 0 Å². The molecule has 0 aliphatic carbocycles. The van der Waals surface area contributed by atoms with Gasteiger partial charge in [-0.25, -0.2) is 4.68 Å². The molecule has 1 unspecified atom stereocenters. The maximum Gasteiger partial charge on any atom is 0.136 e. The van der Waals surface area contributed by atoms with Gasteiger partial charge in [-0.3, -0.25) is 0 Å². The van der Waals surface area contributed by atoms with Gasteiger partial charge in [-0.15, -0.1) is 0 Å². The van der Waals surface area contributed by atoms with Crippen molar-refractivity contribution in [3.8, 4) is 0 Å². The van der Waals surface area contributed by atoms with Crippen LogP contribution in [0.1, 0.15) is 24.2 Å². The topological polar surface area (TPSA) is 43.8 Å². The summed E-state index contributed by atoms with van der Waals surface area (Å²) in [6, 6.07) is 5.51. The largest absolute Gasteiger partial charge is 0.383 e. The molecule has 0 aliphatic rings. The van der Waals surface area contributed by atoms with E-state index in [1.54, 1.807) is 10.7 Å². The van der Waals surface area contributed by atoms with Crippen molar-refractivity contribution in [3.05, 3.63) is 43.1 Å². The Morgan fingerprint density at radius 2 is 2.06 bits per heavy atom. The van der Waals surface area contributed by atoms with E-state index in [0.717, 1.165) is 14.8 Å². The summed E-state index contributed by atoms with van der Waals surface area (Å²) < 4.78 is 2.74. The first-order valence-corrected chi connectivity index (χ1v) is 7.21. The number of hydrogen-bond acceptors (Lipinski definition) is 2. The highest BCUT2D eigenvalue weighted by Crippen LogP contribution is 2.33. The van der Waals surface area contributed by atoms with Crippen LogP contribution in [0.15, 0.2) is 18.2 Å². The summed E-state index contributed by atoms with van der Waals surface area (Å²) in [5, 5.41) is 5.53. The van der Waals surface area contributed by atoms with E-state index in [-0.39, 0.29) is 6.04 Å². The highest BCUT2D eigenvalue weighted by atomic mass is 127. The molecule has 3 nitrogen and oxygen atoms in total. The number of aryl methyl sites for hydroxylation is 1. The van der Waals surface area contributed by atoms with Crippen LogP contribution >= 0.6 is 45.8 Å². The molecule has 1 heterocycles. The second-order valence-corrected chi connectivity index (χ2v) is 5.91. The van der Waals surface area contributed by atoms with Crippen molar-refractivity contribution in [1.29, 1.82) is 0 Å². The summed E-state index contributed by atoms with van der Waals surface area (Å²) in [6.07, 6.45) is 0. The monoisotopic (exact) mass is 395 g/mol. The number of nitrogens with two attached hydrogens (primary N) is 1. The average Bonchev–Trinajstić information content (AvgIpc) is 2.60. The maximum absolute atomic E-state index is 6.22. The van der Waals surface area contributed by atoms with Gasteiger partial charge in [0.05, 0.1) is 25.4 Å². The van der Waals surface area contributed by atoms with Crippen molar-refractivity contribution in [1.82, 2.24) is 9.78 Å². The minimum Gasteiger partial charge on any atom is -0.383 e. The molecule has 0 saturated heterocycles. The molecule has 18 heavy (non-hydrogen) atoms. The molecule has 0 aliphatic heterocycles. The molecular formula is C12H12Cl2IN3. The van der Waals surface area contributed by atoms with Gasteiger partial charge >= 0.3 is 0 Å². The first-order chi connectivity index (χ1) is 8.43. The summed E-state index contributed by atoms with van der Waals surface area (Å²) >= 11 is 14.4. The van der Waals surface area contributed by atoms with Crippen molar-refractivity contribution in [2.45, 2.75) is 19.9 Å². The van der Waals surface area contributed by atoms with E-state index in [1.165, 1.54) is 0 Å². The number of anilines is 1. The lowest BCUT2D eigenvalue weighted by Crippen LogP contribution is -2.12. The first kappa shape index (κ1) is 14.0. The third-order valence-electron chi connectivity index (χ3n) is 2.85. The van der Waals surface area contributed by atoms with Crippen LogP contribution in [-0.2, 0) is 0 Å². The Labute approximate surface area is 129 Å². The van der Waals surface area contributed by atoms with Crippen LogP contribution in [0.5, 0.6) is 0 Å². The molecule has 2 rings (SSSR count). The van der Waals surface area contributed by atoms with E-state index < -0.39 is 0 Å². The molecular weight excluding hydrogens is 384 g/mol. The Balaban J connectivity index is 2.51. The van der Waals surface area contributed by atoms with Gasteiger partial charge in [-0.05, 0) is 48.1 Å². The zero-order chi connectivity index (χ0) is 13.4. The minimum absolute atomic E-state index is 0.0570. The van der Waals surface area contributed by atoms with E-state index in [1.807, 2.05) is 26.0 Å². The van der Waals surface area contributed by atoms with Crippen molar-refractivity contribution in [3.63, 3.8) is 0 Å². The van der Waals surface area contributed by atoms with Gasteiger partial charge in [-0.1, -0.05) is 35.3 Å². The van der Waals surface area contributed by atoms with Gasteiger partial charge in [0, 0.05) is 0 Å². The molecule has 2 N–H and O–H groups in total. The molecule has 6 heteroatoms. The fourth-order valence-electron chi connectivity index (χ4n) is 1.82. The van der Waals surface area contributed by atoms with Crippen LogP contribution in [0.25, 0.3) is 0 Å². The molecule has 1 aromatic heterocycles. The van der Waals surface area contributed by atoms with Crippen LogP contribution < -0.4 is 5.73 Å². The lowest BCUT2D eigenvalue weighted by molar-refractivity contribution is 0.569. The number of halogens is 3. The second kappa shape index (κ2) is 5.27. The molecule has 1 aromatic carbocycles. The number of hydrogen-bond donors (Lipinski definition) is 1. The highest BCUT2D eigenvalue weighted by Gasteiger charge is 2.19. The van der Waals surface area contributed by atoms with Crippen LogP contribution in [0, 0.1) is 10.5 Å². The van der Waals surface area contributed by atoms with Gasteiger partial charge in [0.2, 0.25) is 0 Å². The molecule has 0 amide bonds. The van der Waals surface area contributed by atoms with Crippen molar-refractivity contribution < 1.29 is 0 Å². The van der Waals surface area contributed by atoms with Crippen LogP contribution in [-0.4, -0.2) is 9.78 Å². The summed E-state index contributed by atoms with van der Waals surface area (Å²) in [7, 11) is 0. The molecule has 0 saturated carbocycles. The lowest BCUT2D eigenvalue weighted by Gasteiger charge is -2.16. The van der Waals surface area contributed by atoms with Crippen molar-refractivity contribution in [2.24, 2.45) is 0 Å². The number of rotatable bonds is 2. The average molecular weight is 396 g/mol. The minimum atomic E-state index is -0.0570. The predicted molar refractivity (Wildman–Crippen MR) is 84.4 cm³/mol. The van der Waals surface area contributed by atoms with E-state index in [4.69, 9.17) is 28.9 Å². The fourth-order valence-corrected chi connectivity index (χ4v) is 2.64. The molecule has 0 fully saturated rings. The van der Waals surface area contributed by atoms with E-state index in [9.17, 15) is 0 Å². The Morgan fingerprint density at radius 3 is 2.61 bits per heavy atom. The van der Waals surface area contributed by atoms with Crippen LogP contribution in [0.3, 0.4) is 0 Å². The Kier molecular flexibility index (Phi) is 4.08.